The Kier molecular flexibility index (Phi) is 5.25. The lowest BCUT2D eigenvalue weighted by atomic mass is 10.0. The number of benzene rings is 1. The van der Waals surface area contributed by atoms with Gasteiger partial charge in [0.2, 0.25) is 0 Å². The van der Waals surface area contributed by atoms with E-state index in [4.69, 9.17) is 15.2 Å². The van der Waals surface area contributed by atoms with Gasteiger partial charge in [0.15, 0.2) is 0 Å². The van der Waals surface area contributed by atoms with Gasteiger partial charge in [0.25, 0.3) is 0 Å². The van der Waals surface area contributed by atoms with Gasteiger partial charge in [-0.15, -0.1) is 0 Å². The topological polar surface area (TPSA) is 47.7 Å². The molecule has 0 bridgehead atoms. The number of ether oxygens (including phenoxy) is 2. The average Bonchev–Trinajstić information content (AvgIpc) is 2.40. The Balaban J connectivity index is 2.10. The Morgan fingerprint density at radius 3 is 2.48 bits per heavy atom. The van der Waals surface area contributed by atoms with Gasteiger partial charge >= 0.3 is 0 Å². The van der Waals surface area contributed by atoms with Crippen LogP contribution in [0.3, 0.4) is 0 Å². The normalized spacial score (nSPS) is 20.5. The molecule has 4 heteroatoms. The van der Waals surface area contributed by atoms with Crippen LogP contribution in [0, 0.1) is 0 Å². The maximum Gasteiger partial charge on any atom is 0.119 e. The van der Waals surface area contributed by atoms with E-state index in [-0.39, 0.29) is 17.7 Å². The second-order valence-corrected chi connectivity index (χ2v) is 6.57. The van der Waals surface area contributed by atoms with Crippen molar-refractivity contribution in [3.8, 4) is 5.75 Å². The summed E-state index contributed by atoms with van der Waals surface area (Å²) < 4.78 is 11.5. The first-order valence-corrected chi connectivity index (χ1v) is 7.76. The van der Waals surface area contributed by atoms with Gasteiger partial charge in [0, 0.05) is 25.7 Å². The van der Waals surface area contributed by atoms with Crippen LogP contribution >= 0.6 is 0 Å². The van der Waals surface area contributed by atoms with Crippen molar-refractivity contribution in [2.45, 2.75) is 45.4 Å². The van der Waals surface area contributed by atoms with Gasteiger partial charge in [-0.05, 0) is 45.4 Å². The summed E-state index contributed by atoms with van der Waals surface area (Å²) in [5.41, 5.74) is 7.17. The van der Waals surface area contributed by atoms with Crippen LogP contribution in [0.25, 0.3) is 0 Å². The van der Waals surface area contributed by atoms with Crippen LogP contribution in [-0.2, 0) is 4.74 Å². The molecule has 0 aliphatic carbocycles. The zero-order valence-corrected chi connectivity index (χ0v) is 13.6. The molecule has 1 aromatic rings. The third kappa shape index (κ3) is 4.43. The van der Waals surface area contributed by atoms with Gasteiger partial charge < -0.3 is 15.2 Å². The maximum atomic E-state index is 6.03. The summed E-state index contributed by atoms with van der Waals surface area (Å²) in [4.78, 5) is 2.42. The van der Waals surface area contributed by atoms with Gasteiger partial charge in [-0.3, -0.25) is 4.90 Å². The van der Waals surface area contributed by atoms with Crippen molar-refractivity contribution >= 4 is 0 Å². The molecule has 1 saturated heterocycles. The average molecular weight is 292 g/mol. The number of hydrogen-bond donors (Lipinski definition) is 1. The number of nitrogens with zero attached hydrogens (tertiary/aromatic N) is 1. The fourth-order valence-corrected chi connectivity index (χ4v) is 2.86. The molecule has 1 aromatic carbocycles. The van der Waals surface area contributed by atoms with Crippen molar-refractivity contribution in [1.82, 2.24) is 4.90 Å². The molecule has 0 spiro atoms. The molecular formula is C17H28N2O2. The standard InChI is InChI=1S/C17H28N2O2/c1-13(2)21-15-7-5-14(6-8-15)16(11-18)19-9-10-20-17(3,4)12-19/h5-8,13,16H,9-12,18H2,1-4H3. The van der Waals surface area contributed by atoms with Gasteiger partial charge in [-0.25, -0.2) is 0 Å². The highest BCUT2D eigenvalue weighted by atomic mass is 16.5. The van der Waals surface area contributed by atoms with Gasteiger partial charge in [-0.2, -0.15) is 0 Å². The SMILES string of the molecule is CC(C)Oc1ccc(C(CN)N2CCOC(C)(C)C2)cc1. The smallest absolute Gasteiger partial charge is 0.119 e. The molecular weight excluding hydrogens is 264 g/mol. The minimum absolute atomic E-state index is 0.105. The molecule has 1 unspecified atom stereocenters. The Hall–Kier alpha value is -1.10. The highest BCUT2D eigenvalue weighted by Gasteiger charge is 2.31. The Morgan fingerprint density at radius 2 is 1.95 bits per heavy atom. The van der Waals surface area contributed by atoms with E-state index in [9.17, 15) is 0 Å². The monoisotopic (exact) mass is 292 g/mol. The molecule has 1 atom stereocenters. The van der Waals surface area contributed by atoms with E-state index in [0.717, 1.165) is 25.4 Å². The third-order valence-electron chi connectivity index (χ3n) is 3.76. The van der Waals surface area contributed by atoms with Crippen LogP contribution in [0.4, 0.5) is 0 Å². The number of rotatable bonds is 5. The highest BCUT2D eigenvalue weighted by molar-refractivity contribution is 5.29. The van der Waals surface area contributed by atoms with Crippen molar-refractivity contribution in [2.24, 2.45) is 5.73 Å². The molecule has 2 rings (SSSR count). The summed E-state index contributed by atoms with van der Waals surface area (Å²) in [5, 5.41) is 0. The van der Waals surface area contributed by atoms with Crippen molar-refractivity contribution < 1.29 is 9.47 Å². The predicted molar refractivity (Wildman–Crippen MR) is 85.6 cm³/mol. The Labute approximate surface area is 128 Å². The van der Waals surface area contributed by atoms with Crippen molar-refractivity contribution in [3.63, 3.8) is 0 Å². The Morgan fingerprint density at radius 1 is 1.29 bits per heavy atom. The van der Waals surface area contributed by atoms with Crippen LogP contribution in [0.2, 0.25) is 0 Å². The summed E-state index contributed by atoms with van der Waals surface area (Å²) in [6.07, 6.45) is 0.196. The first-order chi connectivity index (χ1) is 9.91. The van der Waals surface area contributed by atoms with Crippen LogP contribution in [0.5, 0.6) is 5.75 Å². The predicted octanol–water partition coefficient (Wildman–Crippen LogP) is 2.58. The lowest BCUT2D eigenvalue weighted by Gasteiger charge is -2.42. The lowest BCUT2D eigenvalue weighted by Crippen LogP contribution is -2.50. The number of morpholine rings is 1. The zero-order valence-electron chi connectivity index (χ0n) is 13.6. The van der Waals surface area contributed by atoms with E-state index in [2.05, 4.69) is 30.9 Å². The summed E-state index contributed by atoms with van der Waals surface area (Å²) in [6, 6.07) is 8.55. The van der Waals surface area contributed by atoms with E-state index in [1.165, 1.54) is 5.56 Å². The van der Waals surface area contributed by atoms with Gasteiger partial charge in [0.05, 0.1) is 18.3 Å². The highest BCUT2D eigenvalue weighted by Crippen LogP contribution is 2.27. The molecule has 0 radical (unpaired) electrons. The van der Waals surface area contributed by atoms with Crippen molar-refractivity contribution in [1.29, 1.82) is 0 Å². The molecule has 0 amide bonds. The number of hydrogen-bond acceptors (Lipinski definition) is 4. The molecule has 1 fully saturated rings. The van der Waals surface area contributed by atoms with Gasteiger partial charge in [0.1, 0.15) is 5.75 Å². The summed E-state index contributed by atoms with van der Waals surface area (Å²) in [7, 11) is 0. The molecule has 1 aliphatic heterocycles. The summed E-state index contributed by atoms with van der Waals surface area (Å²) in [5.74, 6) is 0.909. The maximum absolute atomic E-state index is 6.03. The van der Waals surface area contributed by atoms with Crippen LogP contribution < -0.4 is 10.5 Å². The van der Waals surface area contributed by atoms with Crippen LogP contribution in [0.1, 0.15) is 39.3 Å². The fraction of sp³-hybridized carbons (Fsp3) is 0.647. The lowest BCUT2D eigenvalue weighted by molar-refractivity contribution is -0.0967. The molecule has 118 valence electrons. The summed E-state index contributed by atoms with van der Waals surface area (Å²) >= 11 is 0. The molecule has 21 heavy (non-hydrogen) atoms. The van der Waals surface area contributed by atoms with Crippen LogP contribution in [-0.4, -0.2) is 42.8 Å². The van der Waals surface area contributed by atoms with E-state index in [1.54, 1.807) is 0 Å². The Bertz CT molecular complexity index is 443. The zero-order chi connectivity index (χ0) is 15.5. The molecule has 2 N–H and O–H groups in total. The second-order valence-electron chi connectivity index (χ2n) is 6.57. The minimum atomic E-state index is -0.105. The van der Waals surface area contributed by atoms with Crippen LogP contribution in [0.15, 0.2) is 24.3 Å². The molecule has 0 aromatic heterocycles. The minimum Gasteiger partial charge on any atom is -0.491 e. The second kappa shape index (κ2) is 6.77. The molecule has 1 aliphatic rings. The third-order valence-corrected chi connectivity index (χ3v) is 3.76. The largest absolute Gasteiger partial charge is 0.491 e. The molecule has 1 heterocycles. The molecule has 0 saturated carbocycles. The van der Waals surface area contributed by atoms with E-state index in [1.807, 2.05) is 26.0 Å². The van der Waals surface area contributed by atoms with E-state index < -0.39 is 0 Å². The summed E-state index contributed by atoms with van der Waals surface area (Å²) in [6.45, 7) is 11.5. The first kappa shape index (κ1) is 16.3. The molecule has 4 nitrogen and oxygen atoms in total. The fourth-order valence-electron chi connectivity index (χ4n) is 2.86. The van der Waals surface area contributed by atoms with E-state index >= 15 is 0 Å². The van der Waals surface area contributed by atoms with Crippen molar-refractivity contribution in [2.75, 3.05) is 26.2 Å². The number of nitrogens with two attached hydrogens (primary N) is 1. The quantitative estimate of drug-likeness (QED) is 0.906. The van der Waals surface area contributed by atoms with E-state index in [0.29, 0.717) is 6.54 Å². The first-order valence-electron chi connectivity index (χ1n) is 7.76. The van der Waals surface area contributed by atoms with Gasteiger partial charge in [-0.1, -0.05) is 12.1 Å². The van der Waals surface area contributed by atoms with Crippen molar-refractivity contribution in [3.05, 3.63) is 29.8 Å².